The Labute approximate surface area is 128 Å². The van der Waals surface area contributed by atoms with Gasteiger partial charge in [0.15, 0.2) is 0 Å². The van der Waals surface area contributed by atoms with E-state index in [0.717, 1.165) is 45.1 Å². The Morgan fingerprint density at radius 3 is 2.43 bits per heavy atom. The number of amides is 2. The Bertz CT molecular complexity index is 327. The predicted octanol–water partition coefficient (Wildman–Crippen LogP) is 1.66. The van der Waals surface area contributed by atoms with Crippen molar-refractivity contribution >= 4 is 11.8 Å². The van der Waals surface area contributed by atoms with Crippen molar-refractivity contribution in [3.05, 3.63) is 0 Å². The molecule has 1 rings (SSSR count). The van der Waals surface area contributed by atoms with Crippen LogP contribution >= 0.6 is 0 Å². The van der Waals surface area contributed by atoms with E-state index in [0.29, 0.717) is 6.54 Å². The lowest BCUT2D eigenvalue weighted by Crippen LogP contribution is -2.54. The zero-order valence-corrected chi connectivity index (χ0v) is 13.6. The fourth-order valence-corrected chi connectivity index (χ4v) is 3.05. The fraction of sp³-hybridized carbons (Fsp3) is 0.875. The molecule has 1 unspecified atom stereocenters. The molecule has 1 aliphatic carbocycles. The number of unbranched alkanes of at least 4 members (excludes halogenated alkanes) is 1. The summed E-state index contributed by atoms with van der Waals surface area (Å²) in [5, 5.41) is 2.87. The van der Waals surface area contributed by atoms with Crippen LogP contribution in [0, 0.1) is 5.92 Å². The molecule has 0 aromatic heterocycles. The lowest BCUT2D eigenvalue weighted by atomic mass is 9.83. The number of likely N-dealkylation sites (N-methyl/N-ethyl adjacent to an activating group) is 1. The number of nitrogens with one attached hydrogen (secondary N) is 1. The number of nitrogens with two attached hydrogens (primary N) is 1. The van der Waals surface area contributed by atoms with Crippen LogP contribution in [0.2, 0.25) is 0 Å². The van der Waals surface area contributed by atoms with E-state index in [9.17, 15) is 9.59 Å². The zero-order chi connectivity index (χ0) is 15.7. The second-order valence-corrected chi connectivity index (χ2v) is 5.92. The van der Waals surface area contributed by atoms with Crippen molar-refractivity contribution in [2.45, 2.75) is 64.8 Å². The van der Waals surface area contributed by atoms with E-state index in [1.54, 1.807) is 0 Å². The summed E-state index contributed by atoms with van der Waals surface area (Å²) in [7, 11) is 0. The highest BCUT2D eigenvalue weighted by molar-refractivity contribution is 5.88. The van der Waals surface area contributed by atoms with Gasteiger partial charge in [0, 0.05) is 13.1 Å². The van der Waals surface area contributed by atoms with Gasteiger partial charge in [-0.15, -0.1) is 0 Å². The third-order valence-corrected chi connectivity index (χ3v) is 4.36. The maximum atomic E-state index is 12.8. The second kappa shape index (κ2) is 9.77. The molecule has 0 heterocycles. The molecule has 0 spiro atoms. The van der Waals surface area contributed by atoms with Gasteiger partial charge in [0.1, 0.15) is 6.04 Å². The molecule has 1 aliphatic rings. The van der Waals surface area contributed by atoms with Crippen molar-refractivity contribution in [3.8, 4) is 0 Å². The Morgan fingerprint density at radius 2 is 1.90 bits per heavy atom. The van der Waals surface area contributed by atoms with Crippen molar-refractivity contribution in [1.29, 1.82) is 0 Å². The first-order valence-corrected chi connectivity index (χ1v) is 8.42. The van der Waals surface area contributed by atoms with Gasteiger partial charge in [-0.3, -0.25) is 9.59 Å². The van der Waals surface area contributed by atoms with E-state index in [-0.39, 0.29) is 24.3 Å². The van der Waals surface area contributed by atoms with Crippen LogP contribution in [0.3, 0.4) is 0 Å². The van der Waals surface area contributed by atoms with E-state index in [1.165, 1.54) is 6.42 Å². The van der Waals surface area contributed by atoms with Crippen molar-refractivity contribution in [1.82, 2.24) is 10.2 Å². The van der Waals surface area contributed by atoms with E-state index >= 15 is 0 Å². The Morgan fingerprint density at radius 1 is 1.24 bits per heavy atom. The minimum Gasteiger partial charge on any atom is -0.343 e. The molecule has 0 bridgehead atoms. The Balaban J connectivity index is 2.76. The van der Waals surface area contributed by atoms with Crippen LogP contribution in [-0.2, 0) is 9.59 Å². The number of rotatable bonds is 8. The van der Waals surface area contributed by atoms with Crippen LogP contribution in [0.25, 0.3) is 0 Å². The van der Waals surface area contributed by atoms with Gasteiger partial charge in [0.05, 0.1) is 6.54 Å². The van der Waals surface area contributed by atoms with Crippen molar-refractivity contribution in [2.75, 3.05) is 19.6 Å². The molecular formula is C16H31N3O2. The minimum atomic E-state index is -0.391. The molecular weight excluding hydrogens is 266 g/mol. The smallest absolute Gasteiger partial charge is 0.245 e. The number of hydrogen-bond acceptors (Lipinski definition) is 3. The Hall–Kier alpha value is -1.10. The standard InChI is InChI=1S/C16H31N3O2/c1-3-5-11-19(4-2)16(21)15(18-14(20)12-17)13-9-7-6-8-10-13/h13,15H,3-12,17H2,1-2H3,(H,18,20). The van der Waals surface area contributed by atoms with Crippen LogP contribution < -0.4 is 11.1 Å². The summed E-state index contributed by atoms with van der Waals surface area (Å²) < 4.78 is 0. The van der Waals surface area contributed by atoms with Crippen LogP contribution in [0.5, 0.6) is 0 Å². The molecule has 2 amide bonds. The molecule has 0 aliphatic heterocycles. The number of carbonyl (C=O) groups excluding carboxylic acids is 2. The summed E-state index contributed by atoms with van der Waals surface area (Å²) in [5.74, 6) is 0.0996. The minimum absolute atomic E-state index is 0.0580. The normalized spacial score (nSPS) is 17.3. The van der Waals surface area contributed by atoms with Crippen LogP contribution in [0.15, 0.2) is 0 Å². The third-order valence-electron chi connectivity index (χ3n) is 4.36. The molecule has 5 nitrogen and oxygen atoms in total. The molecule has 122 valence electrons. The average molecular weight is 297 g/mol. The van der Waals surface area contributed by atoms with Gasteiger partial charge < -0.3 is 16.0 Å². The number of nitrogens with zero attached hydrogens (tertiary/aromatic N) is 1. The van der Waals surface area contributed by atoms with Gasteiger partial charge in [-0.2, -0.15) is 0 Å². The molecule has 0 radical (unpaired) electrons. The second-order valence-electron chi connectivity index (χ2n) is 5.92. The van der Waals surface area contributed by atoms with Crippen LogP contribution in [0.4, 0.5) is 0 Å². The van der Waals surface area contributed by atoms with E-state index in [1.807, 2.05) is 11.8 Å². The molecule has 0 aromatic carbocycles. The summed E-state index contributed by atoms with van der Waals surface area (Å²) in [6, 6.07) is -0.391. The largest absolute Gasteiger partial charge is 0.343 e. The maximum Gasteiger partial charge on any atom is 0.245 e. The molecule has 0 aromatic rings. The molecule has 3 N–H and O–H groups in total. The van der Waals surface area contributed by atoms with Gasteiger partial charge in [-0.1, -0.05) is 32.6 Å². The van der Waals surface area contributed by atoms with Gasteiger partial charge in [-0.25, -0.2) is 0 Å². The summed E-state index contributed by atoms with van der Waals surface area (Å²) >= 11 is 0. The van der Waals surface area contributed by atoms with Crippen LogP contribution in [0.1, 0.15) is 58.8 Å². The zero-order valence-electron chi connectivity index (χ0n) is 13.6. The molecule has 0 saturated heterocycles. The van der Waals surface area contributed by atoms with Gasteiger partial charge in [0.2, 0.25) is 11.8 Å². The number of hydrogen-bond donors (Lipinski definition) is 2. The summed E-state index contributed by atoms with van der Waals surface area (Å²) in [4.78, 5) is 26.4. The first kappa shape index (κ1) is 18.0. The first-order chi connectivity index (χ1) is 10.1. The topological polar surface area (TPSA) is 75.4 Å². The quantitative estimate of drug-likeness (QED) is 0.715. The highest BCUT2D eigenvalue weighted by Gasteiger charge is 2.32. The van der Waals surface area contributed by atoms with Crippen LogP contribution in [-0.4, -0.2) is 42.4 Å². The lowest BCUT2D eigenvalue weighted by molar-refractivity contribution is -0.138. The van der Waals surface area contributed by atoms with E-state index < -0.39 is 6.04 Å². The SMILES string of the molecule is CCCCN(CC)C(=O)C(NC(=O)CN)C1CCCCC1. The third kappa shape index (κ3) is 5.65. The van der Waals surface area contributed by atoms with Gasteiger partial charge in [-0.05, 0) is 32.1 Å². The highest BCUT2D eigenvalue weighted by atomic mass is 16.2. The van der Waals surface area contributed by atoms with E-state index in [2.05, 4.69) is 12.2 Å². The molecule has 5 heteroatoms. The Kier molecular flexibility index (Phi) is 8.35. The molecule has 1 saturated carbocycles. The number of carbonyl (C=O) groups is 2. The summed E-state index contributed by atoms with van der Waals surface area (Å²) in [6.45, 7) is 5.52. The molecule has 1 atom stereocenters. The van der Waals surface area contributed by atoms with Crippen molar-refractivity contribution in [2.24, 2.45) is 11.7 Å². The van der Waals surface area contributed by atoms with E-state index in [4.69, 9.17) is 5.73 Å². The van der Waals surface area contributed by atoms with Crippen molar-refractivity contribution in [3.63, 3.8) is 0 Å². The molecule has 1 fully saturated rings. The summed E-state index contributed by atoms with van der Waals surface area (Å²) in [6.07, 6.45) is 7.63. The van der Waals surface area contributed by atoms with Gasteiger partial charge >= 0.3 is 0 Å². The average Bonchev–Trinajstić information content (AvgIpc) is 2.53. The predicted molar refractivity (Wildman–Crippen MR) is 84.7 cm³/mol. The summed E-state index contributed by atoms with van der Waals surface area (Å²) in [5.41, 5.74) is 5.40. The monoisotopic (exact) mass is 297 g/mol. The maximum absolute atomic E-state index is 12.8. The first-order valence-electron chi connectivity index (χ1n) is 8.42. The van der Waals surface area contributed by atoms with Crippen molar-refractivity contribution < 1.29 is 9.59 Å². The lowest BCUT2D eigenvalue weighted by Gasteiger charge is -2.33. The highest BCUT2D eigenvalue weighted by Crippen LogP contribution is 2.27. The molecule has 21 heavy (non-hydrogen) atoms. The fourth-order valence-electron chi connectivity index (χ4n) is 3.05. The van der Waals surface area contributed by atoms with Gasteiger partial charge in [0.25, 0.3) is 0 Å².